The third-order valence-corrected chi connectivity index (χ3v) is 6.85. The summed E-state index contributed by atoms with van der Waals surface area (Å²) in [6, 6.07) is 4.09. The molecule has 32 heavy (non-hydrogen) atoms. The monoisotopic (exact) mass is 444 g/mol. The molecule has 0 spiro atoms. The van der Waals surface area contributed by atoms with Crippen molar-refractivity contribution in [1.29, 1.82) is 0 Å². The number of aryl methyl sites for hydroxylation is 2. The minimum Gasteiger partial charge on any atom is -0.467 e. The molecule has 178 valence electrons. The van der Waals surface area contributed by atoms with Crippen molar-refractivity contribution in [1.82, 2.24) is 15.2 Å². The van der Waals surface area contributed by atoms with Gasteiger partial charge in [0.1, 0.15) is 11.9 Å². The first-order valence-electron chi connectivity index (χ1n) is 12.4. The first kappa shape index (κ1) is 24.3. The molecule has 1 aromatic rings. The van der Waals surface area contributed by atoms with E-state index in [4.69, 9.17) is 9.72 Å². The number of likely N-dealkylation sites (tertiary alicyclic amines) is 1. The second kappa shape index (κ2) is 12.1. The molecule has 0 radical (unpaired) electrons. The molecule has 0 aromatic carbocycles. The van der Waals surface area contributed by atoms with E-state index in [0.717, 1.165) is 75.8 Å². The number of aromatic nitrogens is 1. The zero-order valence-corrected chi connectivity index (χ0v) is 20.0. The van der Waals surface area contributed by atoms with Crippen molar-refractivity contribution in [3.05, 3.63) is 23.4 Å². The van der Waals surface area contributed by atoms with Gasteiger partial charge in [-0.25, -0.2) is 14.6 Å². The first-order chi connectivity index (χ1) is 15.5. The molecule has 7 heteroatoms. The molecule has 2 aliphatic heterocycles. The Kier molecular flexibility index (Phi) is 9.18. The van der Waals surface area contributed by atoms with E-state index >= 15 is 0 Å². The molecule has 0 saturated carbocycles. The summed E-state index contributed by atoms with van der Waals surface area (Å²) in [6.45, 7) is 5.14. The van der Waals surface area contributed by atoms with E-state index in [1.165, 1.54) is 19.1 Å². The van der Waals surface area contributed by atoms with Gasteiger partial charge in [0, 0.05) is 24.3 Å². The Hall–Kier alpha value is -2.31. The molecule has 3 rings (SSSR count). The lowest BCUT2D eigenvalue weighted by atomic mass is 10.0. The van der Waals surface area contributed by atoms with Crippen LogP contribution in [0.4, 0.5) is 10.6 Å². The summed E-state index contributed by atoms with van der Waals surface area (Å²) in [5.41, 5.74) is 2.50. The Morgan fingerprint density at radius 1 is 1.16 bits per heavy atom. The largest absolute Gasteiger partial charge is 0.467 e. The number of anilines is 1. The molecule has 3 heterocycles. The normalized spacial score (nSPS) is 20.9. The summed E-state index contributed by atoms with van der Waals surface area (Å²) in [6.07, 6.45) is 11.3. The van der Waals surface area contributed by atoms with Gasteiger partial charge in [-0.05, 0) is 70.4 Å². The van der Waals surface area contributed by atoms with Crippen LogP contribution in [0.1, 0.15) is 82.9 Å². The van der Waals surface area contributed by atoms with Crippen LogP contribution >= 0.6 is 0 Å². The number of carbonyl (C=O) groups is 2. The Labute approximate surface area is 192 Å². The summed E-state index contributed by atoms with van der Waals surface area (Å²) >= 11 is 0. The number of nitrogens with one attached hydrogen (secondary N) is 2. The average Bonchev–Trinajstić information content (AvgIpc) is 3.14. The molecule has 0 bridgehead atoms. The number of unbranched alkanes of at least 4 members (excludes halogenated alkanes) is 4. The van der Waals surface area contributed by atoms with Crippen LogP contribution in [0, 0.1) is 0 Å². The molecule has 7 nitrogen and oxygen atoms in total. The number of methoxy groups -OCH3 is 1. The average molecular weight is 445 g/mol. The van der Waals surface area contributed by atoms with Crippen LogP contribution in [0.2, 0.25) is 0 Å². The quantitative estimate of drug-likeness (QED) is 0.412. The lowest BCUT2D eigenvalue weighted by Gasteiger charge is -2.28. The van der Waals surface area contributed by atoms with E-state index in [-0.39, 0.29) is 24.1 Å². The summed E-state index contributed by atoms with van der Waals surface area (Å²) in [4.78, 5) is 31.5. The summed E-state index contributed by atoms with van der Waals surface area (Å²) in [5, 5.41) is 6.32. The fraction of sp³-hybridized carbons (Fsp3) is 0.720. The van der Waals surface area contributed by atoms with Crippen LogP contribution in [0.5, 0.6) is 0 Å². The van der Waals surface area contributed by atoms with E-state index in [2.05, 4.69) is 36.6 Å². The molecule has 1 fully saturated rings. The van der Waals surface area contributed by atoms with Gasteiger partial charge >= 0.3 is 12.0 Å². The van der Waals surface area contributed by atoms with Crippen LogP contribution in [0.15, 0.2) is 12.1 Å². The predicted octanol–water partition coefficient (Wildman–Crippen LogP) is 4.45. The molecule has 2 amide bonds. The number of amides is 2. The van der Waals surface area contributed by atoms with Crippen LogP contribution in [0.25, 0.3) is 0 Å². The minimum atomic E-state index is -0.570. The van der Waals surface area contributed by atoms with Crippen LogP contribution < -0.4 is 10.6 Å². The zero-order valence-electron chi connectivity index (χ0n) is 20.0. The number of hydrogen-bond acceptors (Lipinski definition) is 5. The van der Waals surface area contributed by atoms with Gasteiger partial charge < -0.3 is 20.3 Å². The number of hydrogen-bond donors (Lipinski definition) is 2. The van der Waals surface area contributed by atoms with Crippen LogP contribution in [0.3, 0.4) is 0 Å². The van der Waals surface area contributed by atoms with Crippen molar-refractivity contribution in [3.8, 4) is 0 Å². The summed E-state index contributed by atoms with van der Waals surface area (Å²) in [5.74, 6) is 0.715. The van der Waals surface area contributed by atoms with Crippen molar-refractivity contribution in [2.45, 2.75) is 103 Å². The topological polar surface area (TPSA) is 83.6 Å². The van der Waals surface area contributed by atoms with Crippen LogP contribution in [-0.4, -0.2) is 53.7 Å². The Balaban J connectivity index is 1.34. The van der Waals surface area contributed by atoms with E-state index in [1.807, 2.05) is 4.90 Å². The predicted molar refractivity (Wildman–Crippen MR) is 127 cm³/mol. The second-order valence-electron chi connectivity index (χ2n) is 9.35. The third-order valence-electron chi connectivity index (χ3n) is 6.85. The molecule has 3 atom stereocenters. The maximum Gasteiger partial charge on any atom is 0.328 e. The fourth-order valence-corrected chi connectivity index (χ4v) is 4.90. The SMILES string of the molecule is COC(=O)[C@H](CCCCCCCc1ccc2c(n1)NCCC2)NC(=O)N1[C@H](C)CC[C@H]1C. The highest BCUT2D eigenvalue weighted by Crippen LogP contribution is 2.24. The number of esters is 1. The molecule has 1 saturated heterocycles. The summed E-state index contributed by atoms with van der Waals surface area (Å²) < 4.78 is 4.93. The number of carbonyl (C=O) groups excluding carboxylic acids is 2. The van der Waals surface area contributed by atoms with Gasteiger partial charge in [0.15, 0.2) is 0 Å². The van der Waals surface area contributed by atoms with E-state index in [9.17, 15) is 9.59 Å². The van der Waals surface area contributed by atoms with Gasteiger partial charge in [0.05, 0.1) is 7.11 Å². The Morgan fingerprint density at radius 2 is 1.88 bits per heavy atom. The smallest absolute Gasteiger partial charge is 0.328 e. The maximum absolute atomic E-state index is 12.7. The van der Waals surface area contributed by atoms with E-state index in [1.54, 1.807) is 0 Å². The van der Waals surface area contributed by atoms with Crippen molar-refractivity contribution in [2.24, 2.45) is 0 Å². The number of ether oxygens (including phenoxy) is 1. The number of fused-ring (bicyclic) bond motifs is 1. The van der Waals surface area contributed by atoms with Gasteiger partial charge in [0.2, 0.25) is 0 Å². The number of pyridine rings is 1. The van der Waals surface area contributed by atoms with Crippen molar-refractivity contribution in [2.75, 3.05) is 19.0 Å². The molecular weight excluding hydrogens is 404 g/mol. The second-order valence-corrected chi connectivity index (χ2v) is 9.35. The Morgan fingerprint density at radius 3 is 2.62 bits per heavy atom. The number of nitrogens with zero attached hydrogens (tertiary/aromatic N) is 2. The van der Waals surface area contributed by atoms with E-state index in [0.29, 0.717) is 6.42 Å². The van der Waals surface area contributed by atoms with Gasteiger partial charge in [-0.2, -0.15) is 0 Å². The first-order valence-corrected chi connectivity index (χ1v) is 12.4. The van der Waals surface area contributed by atoms with Gasteiger partial charge in [-0.3, -0.25) is 0 Å². The van der Waals surface area contributed by atoms with Gasteiger partial charge in [-0.1, -0.05) is 31.7 Å². The maximum atomic E-state index is 12.7. The van der Waals surface area contributed by atoms with Crippen molar-refractivity contribution >= 4 is 17.8 Å². The molecule has 1 aromatic heterocycles. The zero-order chi connectivity index (χ0) is 22.9. The van der Waals surface area contributed by atoms with Gasteiger partial charge in [-0.15, -0.1) is 0 Å². The molecular formula is C25H40N4O3. The molecule has 0 aliphatic carbocycles. The standard InChI is InChI=1S/C25H40N4O3/c1-18-13-14-19(2)29(18)25(31)28-22(24(30)32-3)12-8-6-4-5-7-11-21-16-15-20-10-9-17-26-23(20)27-21/h15-16,18-19,22H,4-14,17H2,1-3H3,(H,26,27)(H,28,31)/t18-,19-,22+/m1/s1. The summed E-state index contributed by atoms with van der Waals surface area (Å²) in [7, 11) is 1.38. The van der Waals surface area contributed by atoms with Crippen molar-refractivity contribution < 1.29 is 14.3 Å². The molecule has 0 unspecified atom stereocenters. The highest BCUT2D eigenvalue weighted by Gasteiger charge is 2.33. The van der Waals surface area contributed by atoms with Crippen LogP contribution in [-0.2, 0) is 22.4 Å². The Bertz CT molecular complexity index is 760. The van der Waals surface area contributed by atoms with E-state index < -0.39 is 6.04 Å². The minimum absolute atomic E-state index is 0.148. The number of rotatable bonds is 10. The highest BCUT2D eigenvalue weighted by molar-refractivity contribution is 5.84. The van der Waals surface area contributed by atoms with Crippen molar-refractivity contribution in [3.63, 3.8) is 0 Å². The third kappa shape index (κ3) is 6.59. The lowest BCUT2D eigenvalue weighted by Crippen LogP contribution is -2.51. The molecule has 2 aliphatic rings. The molecule has 2 N–H and O–H groups in total. The van der Waals surface area contributed by atoms with Gasteiger partial charge in [0.25, 0.3) is 0 Å². The fourth-order valence-electron chi connectivity index (χ4n) is 4.90. The lowest BCUT2D eigenvalue weighted by molar-refractivity contribution is -0.143. The number of urea groups is 1. The highest BCUT2D eigenvalue weighted by atomic mass is 16.5.